The highest BCUT2D eigenvalue weighted by Crippen LogP contribution is 2.19. The van der Waals surface area contributed by atoms with Crippen LogP contribution in [0.4, 0.5) is 0 Å². The number of hydrogen-bond donors (Lipinski definition) is 0. The molecule has 3 heterocycles. The molecular formula is C23H18N6O5S2. The summed E-state index contributed by atoms with van der Waals surface area (Å²) in [5.41, 5.74) is 1.05. The van der Waals surface area contributed by atoms with Crippen LogP contribution in [0.2, 0.25) is 0 Å². The van der Waals surface area contributed by atoms with Crippen LogP contribution in [0, 0.1) is 0 Å². The van der Waals surface area contributed by atoms with Crippen molar-refractivity contribution in [1.29, 1.82) is 0 Å². The Morgan fingerprint density at radius 1 is 0.861 bits per heavy atom. The summed E-state index contributed by atoms with van der Waals surface area (Å²) in [5.74, 6) is 0.279. The molecule has 0 amide bonds. The highest BCUT2D eigenvalue weighted by Gasteiger charge is 2.20. The molecule has 36 heavy (non-hydrogen) atoms. The van der Waals surface area contributed by atoms with Gasteiger partial charge in [0.25, 0.3) is 15.6 Å². The molecule has 182 valence electrons. The number of sulfone groups is 1. The molecule has 0 aliphatic heterocycles. The van der Waals surface area contributed by atoms with E-state index in [4.69, 9.17) is 0 Å². The molecule has 3 aromatic heterocycles. The van der Waals surface area contributed by atoms with Gasteiger partial charge in [0, 0.05) is 29.5 Å². The summed E-state index contributed by atoms with van der Waals surface area (Å²) < 4.78 is 52.0. The lowest BCUT2D eigenvalue weighted by Crippen LogP contribution is -2.21. The maximum absolute atomic E-state index is 13.0. The fourth-order valence-electron chi connectivity index (χ4n) is 3.53. The molecule has 13 heteroatoms. The van der Waals surface area contributed by atoms with Gasteiger partial charge in [0.05, 0.1) is 11.4 Å². The van der Waals surface area contributed by atoms with E-state index in [0.717, 1.165) is 16.7 Å². The van der Waals surface area contributed by atoms with Gasteiger partial charge < -0.3 is 0 Å². The Balaban J connectivity index is 1.46. The van der Waals surface area contributed by atoms with Crippen LogP contribution in [0.15, 0.2) is 94.1 Å². The first-order valence-corrected chi connectivity index (χ1v) is 13.8. The van der Waals surface area contributed by atoms with Gasteiger partial charge in [-0.25, -0.2) is 18.4 Å². The first kappa shape index (κ1) is 23.5. The second-order valence-corrected chi connectivity index (χ2v) is 11.6. The van der Waals surface area contributed by atoms with Gasteiger partial charge in [-0.3, -0.25) is 9.36 Å². The topological polar surface area (TPSA) is 147 Å². The quantitative estimate of drug-likeness (QED) is 0.304. The minimum atomic E-state index is -3.99. The van der Waals surface area contributed by atoms with Gasteiger partial charge in [-0.1, -0.05) is 42.5 Å². The normalized spacial score (nSPS) is 12.1. The third-order valence-electron chi connectivity index (χ3n) is 5.34. The van der Waals surface area contributed by atoms with E-state index < -0.39 is 30.6 Å². The average molecular weight is 523 g/mol. The van der Waals surface area contributed by atoms with Crippen molar-refractivity contribution in [1.82, 2.24) is 28.7 Å². The summed E-state index contributed by atoms with van der Waals surface area (Å²) in [7, 11) is -7.67. The molecule has 0 N–H and O–H groups in total. The van der Waals surface area contributed by atoms with Crippen LogP contribution in [0.5, 0.6) is 0 Å². The first-order chi connectivity index (χ1) is 17.1. The zero-order chi connectivity index (χ0) is 25.5. The van der Waals surface area contributed by atoms with Gasteiger partial charge in [-0.2, -0.15) is 13.4 Å². The fourth-order valence-corrected chi connectivity index (χ4v) is 5.08. The maximum atomic E-state index is 13.0. The van der Waals surface area contributed by atoms with Gasteiger partial charge in [-0.05, 0) is 23.8 Å². The van der Waals surface area contributed by atoms with Crippen LogP contribution in [-0.2, 0) is 26.4 Å². The summed E-state index contributed by atoms with van der Waals surface area (Å²) in [6.45, 7) is 0.0399. The van der Waals surface area contributed by atoms with E-state index in [0.29, 0.717) is 16.5 Å². The van der Waals surface area contributed by atoms with E-state index in [1.165, 1.54) is 35.0 Å². The van der Waals surface area contributed by atoms with Crippen LogP contribution in [0.3, 0.4) is 0 Å². The zero-order valence-corrected chi connectivity index (χ0v) is 20.4. The largest absolute Gasteiger partial charge is 0.288 e. The number of aromatic nitrogens is 6. The van der Waals surface area contributed by atoms with Crippen molar-refractivity contribution in [2.75, 3.05) is 6.26 Å². The van der Waals surface area contributed by atoms with Crippen molar-refractivity contribution in [2.45, 2.75) is 16.6 Å². The minimum absolute atomic E-state index is 0.0114. The molecule has 11 nitrogen and oxygen atoms in total. The molecule has 0 aliphatic rings. The van der Waals surface area contributed by atoms with E-state index in [1.54, 1.807) is 36.4 Å². The number of hydrogen-bond acceptors (Lipinski definition) is 9. The Hall–Kier alpha value is -4.23. The maximum Gasteiger partial charge on any atom is 0.284 e. The molecule has 5 aromatic rings. The molecule has 0 bridgehead atoms. The molecule has 2 aromatic carbocycles. The van der Waals surface area contributed by atoms with E-state index in [1.807, 2.05) is 6.07 Å². The Morgan fingerprint density at radius 3 is 2.28 bits per heavy atom. The summed E-state index contributed by atoms with van der Waals surface area (Å²) >= 11 is 0. The second kappa shape index (κ2) is 8.77. The Morgan fingerprint density at radius 2 is 1.58 bits per heavy atom. The van der Waals surface area contributed by atoms with Crippen LogP contribution in [0.25, 0.3) is 22.4 Å². The Kier molecular flexibility index (Phi) is 5.73. The molecule has 0 atom stereocenters. The second-order valence-electron chi connectivity index (χ2n) is 7.92. The molecule has 0 saturated carbocycles. The lowest BCUT2D eigenvalue weighted by Gasteiger charge is -2.11. The lowest BCUT2D eigenvalue weighted by atomic mass is 10.2. The SMILES string of the molecule is CS(=O)(=O)c1ncc2ccc(=O)n(Cc3ccc(S(=O)(=O)n4cnc(-c5ccccc5)n4)cc3)c2n1. The average Bonchev–Trinajstić information content (AvgIpc) is 3.37. The number of fused-ring (bicyclic) bond motifs is 1. The standard InChI is InChI=1S/C23H18N6O5S2/c1-35(31,32)23-24-13-18-9-12-20(30)28(22(18)26-23)14-16-7-10-19(11-8-16)36(33,34)29-15-25-21(27-29)17-5-3-2-4-6-17/h2-13,15H,14H2,1H3. The Labute approximate surface area is 205 Å². The highest BCUT2D eigenvalue weighted by atomic mass is 32.2. The van der Waals surface area contributed by atoms with E-state index >= 15 is 0 Å². The summed E-state index contributed by atoms with van der Waals surface area (Å²) in [5, 5.41) is 4.20. The predicted octanol–water partition coefficient (Wildman–Crippen LogP) is 1.74. The molecule has 0 spiro atoms. The molecule has 0 radical (unpaired) electrons. The van der Waals surface area contributed by atoms with Crippen LogP contribution in [0.1, 0.15) is 5.56 Å². The predicted molar refractivity (Wildman–Crippen MR) is 130 cm³/mol. The van der Waals surface area contributed by atoms with Crippen LogP contribution >= 0.6 is 0 Å². The van der Waals surface area contributed by atoms with E-state index in [9.17, 15) is 21.6 Å². The molecule has 0 aliphatic carbocycles. The minimum Gasteiger partial charge on any atom is -0.288 e. The molecule has 5 rings (SSSR count). The zero-order valence-electron chi connectivity index (χ0n) is 18.8. The molecule has 0 fully saturated rings. The number of benzene rings is 2. The van der Waals surface area contributed by atoms with Crippen LogP contribution in [-0.4, -0.2) is 51.8 Å². The van der Waals surface area contributed by atoms with Crippen molar-refractivity contribution < 1.29 is 16.8 Å². The summed E-state index contributed by atoms with van der Waals surface area (Å²) in [4.78, 5) is 24.6. The number of pyridine rings is 1. The van der Waals surface area contributed by atoms with Crippen molar-refractivity contribution in [3.8, 4) is 11.4 Å². The van der Waals surface area contributed by atoms with Crippen molar-refractivity contribution in [2.24, 2.45) is 0 Å². The van der Waals surface area contributed by atoms with Gasteiger partial charge in [0.2, 0.25) is 15.0 Å². The molecule has 0 saturated heterocycles. The fraction of sp³-hybridized carbons (Fsp3) is 0.0870. The number of rotatable bonds is 6. The monoisotopic (exact) mass is 522 g/mol. The summed E-state index contributed by atoms with van der Waals surface area (Å²) in [6, 6.07) is 17.8. The van der Waals surface area contributed by atoms with E-state index in [-0.39, 0.29) is 22.9 Å². The van der Waals surface area contributed by atoms with Crippen molar-refractivity contribution in [3.63, 3.8) is 0 Å². The molecular weight excluding hydrogens is 504 g/mol. The van der Waals surface area contributed by atoms with Crippen molar-refractivity contribution >= 4 is 30.9 Å². The van der Waals surface area contributed by atoms with Crippen molar-refractivity contribution in [3.05, 3.63) is 95.2 Å². The van der Waals surface area contributed by atoms with Gasteiger partial charge in [0.15, 0.2) is 5.82 Å². The van der Waals surface area contributed by atoms with Gasteiger partial charge in [0.1, 0.15) is 12.0 Å². The highest BCUT2D eigenvalue weighted by molar-refractivity contribution is 7.90. The van der Waals surface area contributed by atoms with E-state index in [2.05, 4.69) is 20.1 Å². The van der Waals surface area contributed by atoms with Gasteiger partial charge in [-0.15, -0.1) is 9.19 Å². The van der Waals surface area contributed by atoms with Crippen LogP contribution < -0.4 is 5.56 Å². The molecule has 0 unspecified atom stereocenters. The smallest absolute Gasteiger partial charge is 0.284 e. The third kappa shape index (κ3) is 4.41. The Bertz CT molecular complexity index is 1860. The lowest BCUT2D eigenvalue weighted by molar-refractivity contribution is 0.580. The third-order valence-corrected chi connectivity index (χ3v) is 7.74. The van der Waals surface area contributed by atoms with Gasteiger partial charge >= 0.3 is 0 Å². The summed E-state index contributed by atoms with van der Waals surface area (Å²) in [6.07, 6.45) is 3.46. The first-order valence-electron chi connectivity index (χ1n) is 10.5. The number of nitrogens with zero attached hydrogens (tertiary/aromatic N) is 6.